The van der Waals surface area contributed by atoms with Gasteiger partial charge in [0.05, 0.1) is 15.6 Å². The largest absolute Gasteiger partial charge is 0.487 e. The number of rotatable bonds is 4. The van der Waals surface area contributed by atoms with Crippen molar-refractivity contribution in [3.05, 3.63) is 49.4 Å². The molecule has 0 amide bonds. The second kappa shape index (κ2) is 5.32. The Balaban J connectivity index is 2.06. The van der Waals surface area contributed by atoms with Gasteiger partial charge in [-0.1, -0.05) is 11.6 Å². The summed E-state index contributed by atoms with van der Waals surface area (Å²) in [6.45, 7) is 2.23. The van der Waals surface area contributed by atoms with Crippen LogP contribution >= 0.6 is 22.9 Å². The van der Waals surface area contributed by atoms with Gasteiger partial charge in [0.1, 0.15) is 17.4 Å². The summed E-state index contributed by atoms with van der Waals surface area (Å²) in [4.78, 5) is 14.3. The summed E-state index contributed by atoms with van der Waals surface area (Å²) in [5.41, 5.74) is 0.695. The van der Waals surface area contributed by atoms with Crippen molar-refractivity contribution < 1.29 is 9.66 Å². The Labute approximate surface area is 112 Å². The van der Waals surface area contributed by atoms with E-state index in [2.05, 4.69) is 4.98 Å². The molecule has 0 fully saturated rings. The molecule has 0 radical (unpaired) electrons. The van der Waals surface area contributed by atoms with Gasteiger partial charge in [0.15, 0.2) is 0 Å². The molecule has 0 unspecified atom stereocenters. The molecule has 0 spiro atoms. The lowest BCUT2D eigenvalue weighted by molar-refractivity contribution is -0.384. The number of aryl methyl sites for hydroxylation is 1. The Kier molecular flexibility index (Phi) is 3.78. The normalized spacial score (nSPS) is 10.3. The molecular formula is C11H9ClN2O3S. The average molecular weight is 285 g/mol. The number of ether oxygens (including phenoxy) is 1. The fraction of sp³-hybridized carbons (Fsp3) is 0.182. The van der Waals surface area contributed by atoms with E-state index < -0.39 is 4.92 Å². The van der Waals surface area contributed by atoms with Gasteiger partial charge in [0.2, 0.25) is 0 Å². The Bertz CT molecular complexity index is 585. The summed E-state index contributed by atoms with van der Waals surface area (Å²) in [5.74, 6) is 0.483. The Hall–Kier alpha value is -1.66. The highest BCUT2D eigenvalue weighted by Crippen LogP contribution is 2.28. The molecule has 2 aromatic rings. The first kappa shape index (κ1) is 12.8. The molecule has 1 aromatic carbocycles. The van der Waals surface area contributed by atoms with E-state index in [1.807, 2.05) is 12.3 Å². The second-order valence-corrected chi connectivity index (χ2v) is 4.99. The highest BCUT2D eigenvalue weighted by Gasteiger charge is 2.12. The molecule has 1 aromatic heterocycles. The Morgan fingerprint density at radius 2 is 2.33 bits per heavy atom. The third kappa shape index (κ3) is 2.96. The Morgan fingerprint density at radius 1 is 1.56 bits per heavy atom. The number of nitro benzene ring substituents is 1. The van der Waals surface area contributed by atoms with Crippen LogP contribution in [0, 0.1) is 17.0 Å². The zero-order valence-corrected chi connectivity index (χ0v) is 11.0. The first-order valence-corrected chi connectivity index (χ1v) is 6.30. The number of nitro groups is 1. The van der Waals surface area contributed by atoms with Gasteiger partial charge in [0.25, 0.3) is 5.69 Å². The SMILES string of the molecule is Cc1nc(COc2ccc([N+](=O)[O-])c(Cl)c2)cs1. The van der Waals surface area contributed by atoms with Crippen LogP contribution in [0.1, 0.15) is 10.7 Å². The van der Waals surface area contributed by atoms with Gasteiger partial charge < -0.3 is 4.74 Å². The lowest BCUT2D eigenvalue weighted by atomic mass is 10.3. The molecule has 94 valence electrons. The van der Waals surface area contributed by atoms with Crippen molar-refractivity contribution in [1.82, 2.24) is 4.98 Å². The maximum atomic E-state index is 10.6. The fourth-order valence-corrected chi connectivity index (χ4v) is 2.19. The van der Waals surface area contributed by atoms with Crippen LogP contribution in [0.3, 0.4) is 0 Å². The predicted octanol–water partition coefficient (Wildman–Crippen LogP) is 3.59. The van der Waals surface area contributed by atoms with Crippen LogP contribution in [0.5, 0.6) is 5.75 Å². The molecule has 0 bridgehead atoms. The van der Waals surface area contributed by atoms with E-state index in [1.54, 1.807) is 11.3 Å². The zero-order chi connectivity index (χ0) is 13.1. The lowest BCUT2D eigenvalue weighted by Crippen LogP contribution is -1.96. The highest BCUT2D eigenvalue weighted by molar-refractivity contribution is 7.09. The minimum Gasteiger partial charge on any atom is -0.487 e. The quantitative estimate of drug-likeness (QED) is 0.635. The maximum Gasteiger partial charge on any atom is 0.288 e. The molecule has 7 heteroatoms. The predicted molar refractivity (Wildman–Crippen MR) is 69.3 cm³/mol. The third-order valence-corrected chi connectivity index (χ3v) is 3.29. The van der Waals surface area contributed by atoms with E-state index in [4.69, 9.17) is 16.3 Å². The standard InChI is InChI=1S/C11H9ClN2O3S/c1-7-13-8(6-18-7)5-17-9-2-3-11(14(15)16)10(12)4-9/h2-4,6H,5H2,1H3. The van der Waals surface area contributed by atoms with Crippen molar-refractivity contribution in [2.75, 3.05) is 0 Å². The molecule has 5 nitrogen and oxygen atoms in total. The lowest BCUT2D eigenvalue weighted by Gasteiger charge is -2.04. The average Bonchev–Trinajstić information content (AvgIpc) is 2.72. The molecule has 0 saturated heterocycles. The number of hydrogen-bond donors (Lipinski definition) is 0. The summed E-state index contributed by atoms with van der Waals surface area (Å²) >= 11 is 7.32. The summed E-state index contributed by atoms with van der Waals surface area (Å²) < 4.78 is 5.46. The van der Waals surface area contributed by atoms with Crippen LogP contribution in [-0.2, 0) is 6.61 Å². The van der Waals surface area contributed by atoms with Gasteiger partial charge in [-0.15, -0.1) is 11.3 Å². The first-order valence-electron chi connectivity index (χ1n) is 5.04. The van der Waals surface area contributed by atoms with Crippen LogP contribution in [0.25, 0.3) is 0 Å². The van der Waals surface area contributed by atoms with Crippen molar-refractivity contribution in [1.29, 1.82) is 0 Å². The molecule has 1 heterocycles. The number of hydrogen-bond acceptors (Lipinski definition) is 5. The van der Waals surface area contributed by atoms with E-state index in [0.29, 0.717) is 12.4 Å². The van der Waals surface area contributed by atoms with Gasteiger partial charge in [-0.25, -0.2) is 4.98 Å². The maximum absolute atomic E-state index is 10.6. The molecule has 2 rings (SSSR count). The summed E-state index contributed by atoms with van der Waals surface area (Å²) in [6.07, 6.45) is 0. The van der Waals surface area contributed by atoms with Crippen molar-refractivity contribution in [3.8, 4) is 5.75 Å². The van der Waals surface area contributed by atoms with Gasteiger partial charge in [-0.3, -0.25) is 10.1 Å². The monoisotopic (exact) mass is 284 g/mol. The topological polar surface area (TPSA) is 65.3 Å². The molecule has 0 aliphatic rings. The van der Waals surface area contributed by atoms with Crippen LogP contribution in [0.2, 0.25) is 5.02 Å². The van der Waals surface area contributed by atoms with Crippen LogP contribution in [0.15, 0.2) is 23.6 Å². The van der Waals surface area contributed by atoms with Crippen LogP contribution in [-0.4, -0.2) is 9.91 Å². The van der Waals surface area contributed by atoms with Crippen molar-refractivity contribution in [3.63, 3.8) is 0 Å². The van der Waals surface area contributed by atoms with Gasteiger partial charge in [0, 0.05) is 17.5 Å². The molecular weight excluding hydrogens is 276 g/mol. The van der Waals surface area contributed by atoms with Crippen molar-refractivity contribution in [2.24, 2.45) is 0 Å². The molecule has 0 aliphatic carbocycles. The number of nitrogens with zero attached hydrogens (tertiary/aromatic N) is 2. The first-order chi connectivity index (χ1) is 8.56. The number of aromatic nitrogens is 1. The van der Waals surface area contributed by atoms with E-state index >= 15 is 0 Å². The minimum atomic E-state index is -0.532. The third-order valence-electron chi connectivity index (χ3n) is 2.17. The number of halogens is 1. The smallest absolute Gasteiger partial charge is 0.288 e. The van der Waals surface area contributed by atoms with Crippen LogP contribution in [0.4, 0.5) is 5.69 Å². The molecule has 0 atom stereocenters. The second-order valence-electron chi connectivity index (χ2n) is 3.52. The molecule has 0 N–H and O–H groups in total. The number of thiazole rings is 1. The summed E-state index contributed by atoms with van der Waals surface area (Å²) in [7, 11) is 0. The summed E-state index contributed by atoms with van der Waals surface area (Å²) in [6, 6.07) is 4.27. The zero-order valence-electron chi connectivity index (χ0n) is 9.42. The molecule has 0 saturated carbocycles. The fourth-order valence-electron chi connectivity index (χ4n) is 1.36. The van der Waals surface area contributed by atoms with Gasteiger partial charge >= 0.3 is 0 Å². The van der Waals surface area contributed by atoms with E-state index in [1.165, 1.54) is 18.2 Å². The van der Waals surface area contributed by atoms with E-state index in [0.717, 1.165) is 10.7 Å². The highest BCUT2D eigenvalue weighted by atomic mass is 35.5. The van der Waals surface area contributed by atoms with E-state index in [-0.39, 0.29) is 10.7 Å². The van der Waals surface area contributed by atoms with Gasteiger partial charge in [-0.2, -0.15) is 0 Å². The van der Waals surface area contributed by atoms with Crippen molar-refractivity contribution >= 4 is 28.6 Å². The number of benzene rings is 1. The summed E-state index contributed by atoms with van der Waals surface area (Å²) in [5, 5.41) is 13.5. The molecule has 0 aliphatic heterocycles. The van der Waals surface area contributed by atoms with Gasteiger partial charge in [-0.05, 0) is 13.0 Å². The Morgan fingerprint density at radius 3 is 2.89 bits per heavy atom. The molecule has 18 heavy (non-hydrogen) atoms. The van der Waals surface area contributed by atoms with E-state index in [9.17, 15) is 10.1 Å². The van der Waals surface area contributed by atoms with Crippen molar-refractivity contribution in [2.45, 2.75) is 13.5 Å². The minimum absolute atomic E-state index is 0.0620. The van der Waals surface area contributed by atoms with Crippen LogP contribution < -0.4 is 4.74 Å².